The Labute approximate surface area is 109 Å². The number of amides is 2. The molecule has 0 aromatic heterocycles. The van der Waals surface area contributed by atoms with E-state index in [2.05, 4.69) is 10.6 Å². The molecule has 1 saturated heterocycles. The molecule has 5 heteroatoms. The fraction of sp³-hybridized carbons (Fsp3) is 0.846. The third kappa shape index (κ3) is 5.04. The lowest BCUT2D eigenvalue weighted by atomic mass is 10.1. The minimum absolute atomic E-state index is 0.0800. The van der Waals surface area contributed by atoms with Gasteiger partial charge in [-0.2, -0.15) is 0 Å². The van der Waals surface area contributed by atoms with E-state index >= 15 is 0 Å². The Morgan fingerprint density at radius 1 is 1.22 bits per heavy atom. The summed E-state index contributed by atoms with van der Waals surface area (Å²) < 4.78 is 0. The van der Waals surface area contributed by atoms with Gasteiger partial charge in [0.25, 0.3) is 0 Å². The Balaban J connectivity index is 2.29. The van der Waals surface area contributed by atoms with Gasteiger partial charge >= 0.3 is 0 Å². The fourth-order valence-corrected chi connectivity index (χ4v) is 2.01. The summed E-state index contributed by atoms with van der Waals surface area (Å²) in [5.41, 5.74) is -0.235. The molecular formula is C13H25N3O2. The standard InChI is InChI=1S/C13H25N3O2/c1-10(12(18)16-7-5-6-8-16)14-9-11(17)15-13(2,3)4/h10,14H,5-9H2,1-4H3,(H,15,17). The van der Waals surface area contributed by atoms with Gasteiger partial charge in [-0.05, 0) is 40.5 Å². The van der Waals surface area contributed by atoms with E-state index in [4.69, 9.17) is 0 Å². The lowest BCUT2D eigenvalue weighted by molar-refractivity contribution is -0.132. The van der Waals surface area contributed by atoms with Gasteiger partial charge in [0.2, 0.25) is 11.8 Å². The quantitative estimate of drug-likeness (QED) is 0.769. The second-order valence-electron chi connectivity index (χ2n) is 5.93. The topological polar surface area (TPSA) is 61.4 Å². The van der Waals surface area contributed by atoms with Crippen molar-refractivity contribution in [1.29, 1.82) is 0 Å². The molecule has 1 atom stereocenters. The van der Waals surface area contributed by atoms with Crippen molar-refractivity contribution in [2.24, 2.45) is 0 Å². The van der Waals surface area contributed by atoms with Crippen molar-refractivity contribution in [3.8, 4) is 0 Å². The summed E-state index contributed by atoms with van der Waals surface area (Å²) in [6.45, 7) is 9.48. The molecule has 18 heavy (non-hydrogen) atoms. The first kappa shape index (κ1) is 15.0. The van der Waals surface area contributed by atoms with Gasteiger partial charge in [-0.3, -0.25) is 14.9 Å². The van der Waals surface area contributed by atoms with Crippen LogP contribution in [0, 0.1) is 0 Å². The van der Waals surface area contributed by atoms with Crippen molar-refractivity contribution in [3.05, 3.63) is 0 Å². The van der Waals surface area contributed by atoms with Crippen molar-refractivity contribution in [3.63, 3.8) is 0 Å². The molecule has 0 bridgehead atoms. The molecule has 0 aromatic carbocycles. The lowest BCUT2D eigenvalue weighted by Gasteiger charge is -2.23. The van der Waals surface area contributed by atoms with Crippen molar-refractivity contribution < 1.29 is 9.59 Å². The highest BCUT2D eigenvalue weighted by Crippen LogP contribution is 2.08. The minimum atomic E-state index is -0.297. The van der Waals surface area contributed by atoms with Crippen molar-refractivity contribution in [2.75, 3.05) is 19.6 Å². The van der Waals surface area contributed by atoms with E-state index in [1.165, 1.54) is 0 Å². The van der Waals surface area contributed by atoms with Crippen LogP contribution < -0.4 is 10.6 Å². The molecule has 1 rings (SSSR count). The summed E-state index contributed by atoms with van der Waals surface area (Å²) in [6.07, 6.45) is 2.17. The van der Waals surface area contributed by atoms with E-state index in [0.29, 0.717) is 0 Å². The van der Waals surface area contributed by atoms with Crippen molar-refractivity contribution in [2.45, 2.75) is 52.1 Å². The molecule has 1 aliphatic rings. The number of hydrogen-bond acceptors (Lipinski definition) is 3. The molecule has 2 amide bonds. The zero-order chi connectivity index (χ0) is 13.8. The SMILES string of the molecule is CC(NCC(=O)NC(C)(C)C)C(=O)N1CCCC1. The van der Waals surface area contributed by atoms with Gasteiger partial charge in [-0.15, -0.1) is 0 Å². The van der Waals surface area contributed by atoms with Crippen LogP contribution in [0.5, 0.6) is 0 Å². The van der Waals surface area contributed by atoms with Crippen LogP contribution in [0.4, 0.5) is 0 Å². The summed E-state index contributed by atoms with van der Waals surface area (Å²) >= 11 is 0. The van der Waals surface area contributed by atoms with Gasteiger partial charge in [0, 0.05) is 18.6 Å². The Morgan fingerprint density at radius 3 is 2.28 bits per heavy atom. The molecular weight excluding hydrogens is 230 g/mol. The van der Waals surface area contributed by atoms with Crippen LogP contribution in [0.15, 0.2) is 0 Å². The Hall–Kier alpha value is -1.10. The summed E-state index contributed by atoms with van der Waals surface area (Å²) in [5.74, 6) is 0.0135. The third-order valence-corrected chi connectivity index (χ3v) is 2.87. The largest absolute Gasteiger partial charge is 0.350 e. The maximum Gasteiger partial charge on any atom is 0.239 e. The molecule has 1 unspecified atom stereocenters. The van der Waals surface area contributed by atoms with Crippen LogP contribution >= 0.6 is 0 Å². The van der Waals surface area contributed by atoms with Crippen LogP contribution in [0.1, 0.15) is 40.5 Å². The normalized spacial score (nSPS) is 17.7. The molecule has 0 aliphatic carbocycles. The average molecular weight is 255 g/mol. The van der Waals surface area contributed by atoms with Crippen LogP contribution in [-0.2, 0) is 9.59 Å². The van der Waals surface area contributed by atoms with E-state index in [1.54, 1.807) is 0 Å². The monoisotopic (exact) mass is 255 g/mol. The maximum absolute atomic E-state index is 12.0. The molecule has 1 fully saturated rings. The highest BCUT2D eigenvalue weighted by atomic mass is 16.2. The Kier molecular flexibility index (Phi) is 5.14. The van der Waals surface area contributed by atoms with E-state index in [9.17, 15) is 9.59 Å². The van der Waals surface area contributed by atoms with Gasteiger partial charge in [-0.25, -0.2) is 0 Å². The smallest absolute Gasteiger partial charge is 0.239 e. The molecule has 2 N–H and O–H groups in total. The molecule has 0 spiro atoms. The number of rotatable bonds is 4. The third-order valence-electron chi connectivity index (χ3n) is 2.87. The van der Waals surface area contributed by atoms with Crippen LogP contribution in [0.2, 0.25) is 0 Å². The second kappa shape index (κ2) is 6.18. The lowest BCUT2D eigenvalue weighted by Crippen LogP contribution is -2.49. The van der Waals surface area contributed by atoms with Gasteiger partial charge in [0.05, 0.1) is 12.6 Å². The summed E-state index contributed by atoms with van der Waals surface area (Å²) in [5, 5.41) is 5.84. The zero-order valence-electron chi connectivity index (χ0n) is 11.9. The van der Waals surface area contributed by atoms with Gasteiger partial charge in [0.1, 0.15) is 0 Å². The van der Waals surface area contributed by atoms with Crippen LogP contribution in [-0.4, -0.2) is 47.9 Å². The van der Waals surface area contributed by atoms with E-state index in [0.717, 1.165) is 25.9 Å². The first-order chi connectivity index (χ1) is 8.29. The van der Waals surface area contributed by atoms with Crippen molar-refractivity contribution >= 4 is 11.8 Å². The zero-order valence-corrected chi connectivity index (χ0v) is 11.9. The van der Waals surface area contributed by atoms with E-state index in [1.807, 2.05) is 32.6 Å². The van der Waals surface area contributed by atoms with E-state index in [-0.39, 0.29) is 29.9 Å². The summed E-state index contributed by atoms with van der Waals surface area (Å²) in [4.78, 5) is 25.4. The number of carbonyl (C=O) groups excluding carboxylic acids is 2. The maximum atomic E-state index is 12.0. The second-order valence-corrected chi connectivity index (χ2v) is 5.93. The molecule has 0 radical (unpaired) electrons. The summed E-state index contributed by atoms with van der Waals surface area (Å²) in [7, 11) is 0. The number of hydrogen-bond donors (Lipinski definition) is 2. The molecule has 5 nitrogen and oxygen atoms in total. The first-order valence-electron chi connectivity index (χ1n) is 6.63. The molecule has 1 heterocycles. The number of likely N-dealkylation sites (tertiary alicyclic amines) is 1. The molecule has 0 aromatic rings. The highest BCUT2D eigenvalue weighted by Gasteiger charge is 2.23. The molecule has 0 saturated carbocycles. The Morgan fingerprint density at radius 2 is 1.78 bits per heavy atom. The van der Waals surface area contributed by atoms with Gasteiger partial charge in [0.15, 0.2) is 0 Å². The Bertz CT molecular complexity index is 304. The number of carbonyl (C=O) groups is 2. The van der Waals surface area contributed by atoms with E-state index < -0.39 is 0 Å². The summed E-state index contributed by atoms with van der Waals surface area (Å²) in [6, 6.07) is -0.297. The highest BCUT2D eigenvalue weighted by molar-refractivity contribution is 5.83. The number of nitrogens with one attached hydrogen (secondary N) is 2. The number of nitrogens with zero attached hydrogens (tertiary/aromatic N) is 1. The van der Waals surface area contributed by atoms with Crippen LogP contribution in [0.25, 0.3) is 0 Å². The van der Waals surface area contributed by atoms with Crippen LogP contribution in [0.3, 0.4) is 0 Å². The average Bonchev–Trinajstić information content (AvgIpc) is 2.75. The minimum Gasteiger partial charge on any atom is -0.350 e. The van der Waals surface area contributed by atoms with Crippen molar-refractivity contribution in [1.82, 2.24) is 15.5 Å². The molecule has 104 valence electrons. The predicted octanol–water partition coefficient (Wildman–Crippen LogP) is 0.502. The molecule has 1 aliphatic heterocycles. The fourth-order valence-electron chi connectivity index (χ4n) is 2.01. The predicted molar refractivity (Wildman–Crippen MR) is 71.2 cm³/mol. The van der Waals surface area contributed by atoms with Gasteiger partial charge < -0.3 is 10.2 Å². The van der Waals surface area contributed by atoms with Gasteiger partial charge in [-0.1, -0.05) is 0 Å². The first-order valence-corrected chi connectivity index (χ1v) is 6.63.